The summed E-state index contributed by atoms with van der Waals surface area (Å²) in [5.41, 5.74) is 12.4. The molecule has 8 aromatic carbocycles. The van der Waals surface area contributed by atoms with E-state index < -0.39 is 0 Å². The summed E-state index contributed by atoms with van der Waals surface area (Å²) in [5, 5.41) is 5.06. The van der Waals surface area contributed by atoms with Crippen LogP contribution in [0, 0.1) is 0 Å². The van der Waals surface area contributed by atoms with Crippen molar-refractivity contribution in [2.24, 2.45) is 0 Å². The predicted octanol–water partition coefficient (Wildman–Crippen LogP) is 12.7. The maximum Gasteiger partial charge on any atom is 0.118 e. The molecule has 1 aromatic heterocycles. The van der Waals surface area contributed by atoms with Crippen LogP contribution in [0.3, 0.4) is 0 Å². The molecule has 0 amide bonds. The molecule has 1 unspecified atom stereocenters. The number of para-hydroxylation sites is 1. The van der Waals surface area contributed by atoms with Gasteiger partial charge in [0.25, 0.3) is 0 Å². The Morgan fingerprint density at radius 2 is 1.14 bits per heavy atom. The topological polar surface area (TPSA) is 14.2 Å². The van der Waals surface area contributed by atoms with E-state index in [-0.39, 0.29) is 5.92 Å². The van der Waals surface area contributed by atoms with E-state index >= 15 is 0 Å². The Labute approximate surface area is 298 Å². The number of hydrogen-bond acceptors (Lipinski definition) is 1. The molecule has 0 aliphatic carbocycles. The lowest BCUT2D eigenvalue weighted by Crippen LogP contribution is -2.08. The third-order valence-corrected chi connectivity index (χ3v) is 10.3. The van der Waals surface area contributed by atoms with Gasteiger partial charge in [-0.2, -0.15) is 0 Å². The molecule has 1 heterocycles. The lowest BCUT2D eigenvalue weighted by atomic mass is 9.80. The first-order chi connectivity index (χ1) is 25.2. The molecule has 0 bridgehead atoms. The summed E-state index contributed by atoms with van der Waals surface area (Å²) in [4.78, 5) is 0. The molecule has 0 spiro atoms. The van der Waals surface area contributed by atoms with E-state index in [4.69, 9.17) is 4.74 Å². The maximum absolute atomic E-state index is 5.50. The Balaban J connectivity index is 1.23. The predicted molar refractivity (Wildman–Crippen MR) is 214 cm³/mol. The van der Waals surface area contributed by atoms with E-state index in [0.29, 0.717) is 0 Å². The highest BCUT2D eigenvalue weighted by Crippen LogP contribution is 2.41. The minimum absolute atomic E-state index is 0.129. The van der Waals surface area contributed by atoms with Gasteiger partial charge in [0, 0.05) is 22.4 Å². The molecule has 0 saturated carbocycles. The van der Waals surface area contributed by atoms with Crippen molar-refractivity contribution < 1.29 is 4.74 Å². The molecule has 9 aromatic rings. The molecule has 2 nitrogen and oxygen atoms in total. The summed E-state index contributed by atoms with van der Waals surface area (Å²) in [7, 11) is 1.72. The average molecular weight is 656 g/mol. The van der Waals surface area contributed by atoms with Crippen LogP contribution < -0.4 is 4.74 Å². The molecule has 0 aliphatic heterocycles. The first kappa shape index (κ1) is 30.7. The first-order valence-electron chi connectivity index (χ1n) is 17.6. The van der Waals surface area contributed by atoms with Gasteiger partial charge < -0.3 is 9.30 Å². The zero-order chi connectivity index (χ0) is 34.1. The molecule has 9 rings (SSSR count). The molecule has 0 radical (unpaired) electrons. The minimum atomic E-state index is 0.129. The van der Waals surface area contributed by atoms with Crippen LogP contribution in [0.1, 0.15) is 22.6 Å². The van der Waals surface area contributed by atoms with Crippen LogP contribution in [0.4, 0.5) is 0 Å². The monoisotopic (exact) mass is 655 g/mol. The van der Waals surface area contributed by atoms with Gasteiger partial charge in [-0.15, -0.1) is 0 Å². The van der Waals surface area contributed by atoms with Crippen molar-refractivity contribution in [2.45, 2.75) is 12.3 Å². The molecule has 1 atom stereocenters. The smallest absolute Gasteiger partial charge is 0.118 e. The SMILES string of the molecule is COc1ccc(CC(c2ccccc2-c2ccc3c4ccccc4n(-c4cccc(-c5ccccc5)c4)c3c2)c2cccc3ccccc23)cc1. The van der Waals surface area contributed by atoms with Crippen molar-refractivity contribution >= 4 is 32.6 Å². The van der Waals surface area contributed by atoms with E-state index in [1.165, 1.54) is 71.5 Å². The summed E-state index contributed by atoms with van der Waals surface area (Å²) < 4.78 is 7.94. The first-order valence-corrected chi connectivity index (χ1v) is 17.6. The van der Waals surface area contributed by atoms with Crippen LogP contribution in [-0.2, 0) is 6.42 Å². The van der Waals surface area contributed by atoms with Crippen LogP contribution in [0.2, 0.25) is 0 Å². The van der Waals surface area contributed by atoms with Gasteiger partial charge in [-0.05, 0) is 92.5 Å². The summed E-state index contributed by atoms with van der Waals surface area (Å²) in [5.74, 6) is 1.00. The zero-order valence-electron chi connectivity index (χ0n) is 28.5. The molecular weight excluding hydrogens is 619 g/mol. The van der Waals surface area contributed by atoms with Crippen LogP contribution in [0.5, 0.6) is 5.75 Å². The van der Waals surface area contributed by atoms with Gasteiger partial charge in [-0.1, -0.05) is 152 Å². The standard InChI is InChI=1S/C49H37NO/c1-51-40-28-25-34(26-29-40)31-47(44-23-12-16-36-15-5-6-19-41(36)44)43-21-8-7-20-42(43)38-27-30-46-45-22-9-10-24-48(45)50(49(46)33-38)39-18-11-17-37(32-39)35-13-3-2-4-14-35/h2-30,32-33,47H,31H2,1H3. The maximum atomic E-state index is 5.50. The fourth-order valence-corrected chi connectivity index (χ4v) is 7.87. The third kappa shape index (κ3) is 5.65. The number of nitrogens with zero attached hydrogens (tertiary/aromatic N) is 1. The van der Waals surface area contributed by atoms with Gasteiger partial charge in [0.1, 0.15) is 5.75 Å². The molecule has 244 valence electrons. The molecule has 0 fully saturated rings. The highest BCUT2D eigenvalue weighted by molar-refractivity contribution is 6.10. The molecule has 51 heavy (non-hydrogen) atoms. The quantitative estimate of drug-likeness (QED) is 0.159. The van der Waals surface area contributed by atoms with E-state index in [2.05, 4.69) is 193 Å². The van der Waals surface area contributed by atoms with Crippen LogP contribution in [0.15, 0.2) is 188 Å². The van der Waals surface area contributed by atoms with Crippen molar-refractivity contribution in [3.8, 4) is 33.7 Å². The number of hydrogen-bond donors (Lipinski definition) is 0. The lowest BCUT2D eigenvalue weighted by Gasteiger charge is -2.23. The fraction of sp³-hybridized carbons (Fsp3) is 0.0612. The Bertz CT molecular complexity index is 2640. The molecule has 0 N–H and O–H groups in total. The van der Waals surface area contributed by atoms with E-state index in [1.54, 1.807) is 7.11 Å². The number of aromatic nitrogens is 1. The van der Waals surface area contributed by atoms with E-state index in [0.717, 1.165) is 17.9 Å². The second kappa shape index (κ2) is 13.2. The van der Waals surface area contributed by atoms with Gasteiger partial charge in [-0.3, -0.25) is 0 Å². The van der Waals surface area contributed by atoms with Crippen molar-refractivity contribution in [3.05, 3.63) is 205 Å². The molecule has 0 aliphatic rings. The van der Waals surface area contributed by atoms with Gasteiger partial charge in [0.15, 0.2) is 0 Å². The Hall–Kier alpha value is -6.38. The van der Waals surface area contributed by atoms with Crippen molar-refractivity contribution in [2.75, 3.05) is 7.11 Å². The van der Waals surface area contributed by atoms with Crippen LogP contribution in [-0.4, -0.2) is 11.7 Å². The third-order valence-electron chi connectivity index (χ3n) is 10.3. The van der Waals surface area contributed by atoms with E-state index in [9.17, 15) is 0 Å². The largest absolute Gasteiger partial charge is 0.497 e. The second-order valence-corrected chi connectivity index (χ2v) is 13.3. The summed E-state index contributed by atoms with van der Waals surface area (Å²) in [6.45, 7) is 0. The van der Waals surface area contributed by atoms with Gasteiger partial charge in [0.05, 0.1) is 18.1 Å². The fourth-order valence-electron chi connectivity index (χ4n) is 7.87. The zero-order valence-corrected chi connectivity index (χ0v) is 28.5. The van der Waals surface area contributed by atoms with Crippen LogP contribution >= 0.6 is 0 Å². The summed E-state index contributed by atoms with van der Waals surface area (Å²) in [6, 6.07) is 68.4. The number of methoxy groups -OCH3 is 1. The molecule has 0 saturated heterocycles. The Morgan fingerprint density at radius 3 is 2.00 bits per heavy atom. The van der Waals surface area contributed by atoms with Crippen LogP contribution in [0.25, 0.3) is 60.5 Å². The highest BCUT2D eigenvalue weighted by Gasteiger charge is 2.22. The number of ether oxygens (including phenoxy) is 1. The second-order valence-electron chi connectivity index (χ2n) is 13.3. The number of rotatable bonds is 8. The summed E-state index contributed by atoms with van der Waals surface area (Å²) >= 11 is 0. The molecular formula is C49H37NO. The highest BCUT2D eigenvalue weighted by atomic mass is 16.5. The number of fused-ring (bicyclic) bond motifs is 4. The Morgan fingerprint density at radius 1 is 0.471 bits per heavy atom. The van der Waals surface area contributed by atoms with Gasteiger partial charge in [0.2, 0.25) is 0 Å². The van der Waals surface area contributed by atoms with E-state index in [1.807, 2.05) is 0 Å². The average Bonchev–Trinajstić information content (AvgIpc) is 3.54. The van der Waals surface area contributed by atoms with Crippen molar-refractivity contribution in [1.29, 1.82) is 0 Å². The normalized spacial score (nSPS) is 12.0. The van der Waals surface area contributed by atoms with Gasteiger partial charge in [-0.25, -0.2) is 0 Å². The minimum Gasteiger partial charge on any atom is -0.497 e. The van der Waals surface area contributed by atoms with Crippen molar-refractivity contribution in [1.82, 2.24) is 4.57 Å². The van der Waals surface area contributed by atoms with Crippen molar-refractivity contribution in [3.63, 3.8) is 0 Å². The lowest BCUT2D eigenvalue weighted by molar-refractivity contribution is 0.414. The Kier molecular flexibility index (Phi) is 7.91. The van der Waals surface area contributed by atoms with Gasteiger partial charge >= 0.3 is 0 Å². The molecule has 2 heteroatoms. The number of benzene rings is 8. The summed E-state index contributed by atoms with van der Waals surface area (Å²) in [6.07, 6.45) is 0.865.